The second kappa shape index (κ2) is 7.28. The number of aryl methyl sites for hydroxylation is 1. The van der Waals surface area contributed by atoms with Crippen molar-refractivity contribution in [2.45, 2.75) is 39.2 Å². The number of halogens is 1. The molecule has 1 rings (SSSR count). The maximum absolute atomic E-state index is 11.9. The first kappa shape index (κ1) is 14.0. The summed E-state index contributed by atoms with van der Waals surface area (Å²) in [7, 11) is 0. The van der Waals surface area contributed by atoms with E-state index in [0.717, 1.165) is 29.7 Å². The highest BCUT2D eigenvalue weighted by molar-refractivity contribution is 5.37. The molecule has 3 heteroatoms. The normalized spacial score (nSPS) is 12.5. The summed E-state index contributed by atoms with van der Waals surface area (Å²) < 4.78 is 17.5. The van der Waals surface area contributed by atoms with E-state index in [1.165, 1.54) is 0 Å². The van der Waals surface area contributed by atoms with Crippen molar-refractivity contribution >= 4 is 0 Å². The average molecular weight is 239 g/mol. The van der Waals surface area contributed by atoms with Crippen LogP contribution in [0.2, 0.25) is 0 Å². The monoisotopic (exact) mass is 239 g/mol. The molecule has 0 saturated heterocycles. The number of rotatable bonds is 7. The quantitative estimate of drug-likeness (QED) is 0.739. The molecule has 0 unspecified atom stereocenters. The van der Waals surface area contributed by atoms with Gasteiger partial charge in [0.15, 0.2) is 0 Å². The van der Waals surface area contributed by atoms with Crippen LogP contribution in [0.4, 0.5) is 4.39 Å². The van der Waals surface area contributed by atoms with Gasteiger partial charge in [0, 0.05) is 6.04 Å². The third kappa shape index (κ3) is 4.73. The topological polar surface area (TPSA) is 35.2 Å². The van der Waals surface area contributed by atoms with Gasteiger partial charge in [-0.3, -0.25) is 4.39 Å². The van der Waals surface area contributed by atoms with Gasteiger partial charge in [0.1, 0.15) is 5.75 Å². The van der Waals surface area contributed by atoms with E-state index in [1.807, 2.05) is 26.0 Å². The smallest absolute Gasteiger partial charge is 0.122 e. The van der Waals surface area contributed by atoms with E-state index >= 15 is 0 Å². The van der Waals surface area contributed by atoms with Gasteiger partial charge < -0.3 is 10.5 Å². The number of ether oxygens (including phenoxy) is 1. The fourth-order valence-corrected chi connectivity index (χ4v) is 1.67. The first-order valence-electron chi connectivity index (χ1n) is 6.20. The number of benzene rings is 1. The number of hydrogen-bond donors (Lipinski definition) is 1. The molecule has 1 atom stereocenters. The van der Waals surface area contributed by atoms with Crippen molar-refractivity contribution in [2.75, 3.05) is 13.3 Å². The van der Waals surface area contributed by atoms with Crippen molar-refractivity contribution in [3.8, 4) is 5.75 Å². The fourth-order valence-electron chi connectivity index (χ4n) is 1.67. The third-order valence-electron chi connectivity index (χ3n) is 2.76. The lowest BCUT2D eigenvalue weighted by Gasteiger charge is -2.12. The summed E-state index contributed by atoms with van der Waals surface area (Å²) in [6.07, 6.45) is 2.41. The first-order valence-corrected chi connectivity index (χ1v) is 6.20. The summed E-state index contributed by atoms with van der Waals surface area (Å²) in [5.74, 6) is 0.898. The lowest BCUT2D eigenvalue weighted by molar-refractivity contribution is 0.299. The standard InChI is InChI=1S/C14H22FNO/c1-11-10-13(12(2)16)6-7-14(11)17-9-5-3-4-8-15/h6-7,10,12H,3-5,8-9,16H2,1-2H3/t12-/m1/s1. The van der Waals surface area contributed by atoms with Crippen LogP contribution in [0.1, 0.15) is 43.4 Å². The van der Waals surface area contributed by atoms with Crippen molar-refractivity contribution in [2.24, 2.45) is 5.73 Å². The van der Waals surface area contributed by atoms with Gasteiger partial charge in [0.2, 0.25) is 0 Å². The summed E-state index contributed by atoms with van der Waals surface area (Å²) in [5.41, 5.74) is 8.03. The Labute approximate surface area is 103 Å². The maximum atomic E-state index is 11.9. The summed E-state index contributed by atoms with van der Waals surface area (Å²) in [4.78, 5) is 0. The lowest BCUT2D eigenvalue weighted by Crippen LogP contribution is -2.06. The molecular weight excluding hydrogens is 217 g/mol. The Morgan fingerprint density at radius 1 is 1.29 bits per heavy atom. The number of alkyl halides is 1. The third-order valence-corrected chi connectivity index (χ3v) is 2.76. The zero-order chi connectivity index (χ0) is 12.7. The highest BCUT2D eigenvalue weighted by Crippen LogP contribution is 2.22. The predicted molar refractivity (Wildman–Crippen MR) is 69.1 cm³/mol. The molecule has 0 aromatic heterocycles. The van der Waals surface area contributed by atoms with Crippen LogP contribution in [0.5, 0.6) is 5.75 Å². The molecular formula is C14H22FNO. The van der Waals surface area contributed by atoms with Crippen molar-refractivity contribution in [1.29, 1.82) is 0 Å². The lowest BCUT2D eigenvalue weighted by atomic mass is 10.1. The average Bonchev–Trinajstić information content (AvgIpc) is 2.30. The summed E-state index contributed by atoms with van der Waals surface area (Å²) >= 11 is 0. The zero-order valence-corrected chi connectivity index (χ0v) is 10.7. The van der Waals surface area contributed by atoms with E-state index in [9.17, 15) is 4.39 Å². The maximum Gasteiger partial charge on any atom is 0.122 e. The van der Waals surface area contributed by atoms with Crippen molar-refractivity contribution < 1.29 is 9.13 Å². The largest absolute Gasteiger partial charge is 0.493 e. The molecule has 2 N–H and O–H groups in total. The number of hydrogen-bond acceptors (Lipinski definition) is 2. The molecule has 0 aliphatic carbocycles. The van der Waals surface area contributed by atoms with E-state index in [-0.39, 0.29) is 12.7 Å². The Bertz CT molecular complexity index is 339. The zero-order valence-electron chi connectivity index (χ0n) is 10.7. The second-order valence-electron chi connectivity index (χ2n) is 4.41. The van der Waals surface area contributed by atoms with Crippen LogP contribution in [-0.4, -0.2) is 13.3 Å². The molecule has 0 aliphatic heterocycles. The molecule has 0 amide bonds. The predicted octanol–water partition coefficient (Wildman–Crippen LogP) is 3.53. The van der Waals surface area contributed by atoms with Crippen LogP contribution in [0, 0.1) is 6.92 Å². The highest BCUT2D eigenvalue weighted by Gasteiger charge is 2.04. The highest BCUT2D eigenvalue weighted by atomic mass is 19.1. The molecule has 1 aromatic rings. The fraction of sp³-hybridized carbons (Fsp3) is 0.571. The van der Waals surface area contributed by atoms with Gasteiger partial charge in [-0.1, -0.05) is 12.1 Å². The van der Waals surface area contributed by atoms with E-state index in [0.29, 0.717) is 13.0 Å². The van der Waals surface area contributed by atoms with Crippen LogP contribution in [0.15, 0.2) is 18.2 Å². The molecule has 96 valence electrons. The minimum Gasteiger partial charge on any atom is -0.493 e. The molecule has 0 saturated carbocycles. The molecule has 1 aromatic carbocycles. The minimum atomic E-state index is -0.234. The van der Waals surface area contributed by atoms with Gasteiger partial charge in [-0.25, -0.2) is 0 Å². The van der Waals surface area contributed by atoms with Crippen LogP contribution in [0.25, 0.3) is 0 Å². The van der Waals surface area contributed by atoms with Gasteiger partial charge in [0.05, 0.1) is 13.3 Å². The van der Waals surface area contributed by atoms with E-state index < -0.39 is 0 Å². The van der Waals surface area contributed by atoms with Crippen molar-refractivity contribution in [3.63, 3.8) is 0 Å². The molecule has 17 heavy (non-hydrogen) atoms. The number of unbranched alkanes of at least 4 members (excludes halogenated alkanes) is 2. The van der Waals surface area contributed by atoms with Gasteiger partial charge >= 0.3 is 0 Å². The van der Waals surface area contributed by atoms with Gasteiger partial charge in [0.25, 0.3) is 0 Å². The molecule has 0 bridgehead atoms. The molecule has 0 aliphatic rings. The van der Waals surface area contributed by atoms with Crippen LogP contribution in [0.3, 0.4) is 0 Å². The molecule has 0 radical (unpaired) electrons. The molecule has 0 heterocycles. The Morgan fingerprint density at radius 2 is 2.06 bits per heavy atom. The van der Waals surface area contributed by atoms with E-state index in [4.69, 9.17) is 10.5 Å². The second-order valence-corrected chi connectivity index (χ2v) is 4.41. The Kier molecular flexibility index (Phi) is 5.98. The van der Waals surface area contributed by atoms with Gasteiger partial charge in [-0.2, -0.15) is 0 Å². The molecule has 2 nitrogen and oxygen atoms in total. The summed E-state index contributed by atoms with van der Waals surface area (Å²) in [6, 6.07) is 6.06. The van der Waals surface area contributed by atoms with Crippen molar-refractivity contribution in [3.05, 3.63) is 29.3 Å². The van der Waals surface area contributed by atoms with Crippen LogP contribution < -0.4 is 10.5 Å². The van der Waals surface area contributed by atoms with Crippen LogP contribution in [-0.2, 0) is 0 Å². The summed E-state index contributed by atoms with van der Waals surface area (Å²) in [5, 5.41) is 0. The number of nitrogens with two attached hydrogens (primary N) is 1. The minimum absolute atomic E-state index is 0.0484. The Morgan fingerprint density at radius 3 is 2.65 bits per heavy atom. The first-order chi connectivity index (χ1) is 8.15. The van der Waals surface area contributed by atoms with Crippen LogP contribution >= 0.6 is 0 Å². The van der Waals surface area contributed by atoms with Gasteiger partial charge in [-0.05, 0) is 50.3 Å². The van der Waals surface area contributed by atoms with E-state index in [2.05, 4.69) is 6.07 Å². The van der Waals surface area contributed by atoms with E-state index in [1.54, 1.807) is 0 Å². The molecule has 0 fully saturated rings. The van der Waals surface area contributed by atoms with Crippen molar-refractivity contribution in [1.82, 2.24) is 0 Å². The molecule has 0 spiro atoms. The van der Waals surface area contributed by atoms with Gasteiger partial charge in [-0.15, -0.1) is 0 Å². The Hall–Kier alpha value is -1.09. The summed E-state index contributed by atoms with van der Waals surface area (Å²) in [6.45, 7) is 4.40. The Balaban J connectivity index is 2.43. The SMILES string of the molecule is Cc1cc([C@@H](C)N)ccc1OCCCCCF.